The van der Waals surface area contributed by atoms with Crippen molar-refractivity contribution in [3.8, 4) is 0 Å². The molecule has 13 heteroatoms. The number of benzene rings is 1. The Morgan fingerprint density at radius 2 is 1.67 bits per heavy atom. The van der Waals surface area contributed by atoms with Gasteiger partial charge in [-0.05, 0) is 69.1 Å². The van der Waals surface area contributed by atoms with E-state index in [2.05, 4.69) is 15.2 Å². The third-order valence-electron chi connectivity index (χ3n) is 8.85. The largest absolute Gasteiger partial charge is 0.445 e. The molecule has 0 atom stereocenters. The minimum absolute atomic E-state index is 0.00698. The maximum atomic E-state index is 12.7. The molecule has 3 aromatic rings. The fourth-order valence-electron chi connectivity index (χ4n) is 6.33. The molecule has 2 saturated carbocycles. The van der Waals surface area contributed by atoms with Crippen molar-refractivity contribution in [2.75, 3.05) is 23.7 Å². The van der Waals surface area contributed by atoms with Gasteiger partial charge in [0.05, 0.1) is 11.3 Å². The Hall–Kier alpha value is -4.00. The second-order valence-electron chi connectivity index (χ2n) is 11.8. The molecule has 2 aliphatic carbocycles. The number of nitrogens with two attached hydrogens (primary N) is 1. The van der Waals surface area contributed by atoms with E-state index in [1.54, 1.807) is 17.0 Å². The zero-order chi connectivity index (χ0) is 29.1. The second-order valence-corrected chi connectivity index (χ2v) is 11.8. The molecule has 3 fully saturated rings. The second kappa shape index (κ2) is 12.5. The quantitative estimate of drug-likeness (QED) is 0.251. The van der Waals surface area contributed by atoms with Crippen LogP contribution in [0.15, 0.2) is 30.6 Å². The maximum Gasteiger partial charge on any atom is 0.410 e. The highest BCUT2D eigenvalue weighted by atomic mass is 16.6. The Kier molecular flexibility index (Phi) is 8.36. The molecule has 1 aromatic carbocycles. The highest BCUT2D eigenvalue weighted by Crippen LogP contribution is 2.34. The summed E-state index contributed by atoms with van der Waals surface area (Å²) in [7, 11) is 0. The van der Waals surface area contributed by atoms with E-state index in [1.807, 2.05) is 6.33 Å². The van der Waals surface area contributed by atoms with Crippen LogP contribution >= 0.6 is 0 Å². The summed E-state index contributed by atoms with van der Waals surface area (Å²) >= 11 is 0. The van der Waals surface area contributed by atoms with Crippen LogP contribution in [0, 0.1) is 10.1 Å². The molecule has 13 nitrogen and oxygen atoms in total. The summed E-state index contributed by atoms with van der Waals surface area (Å²) in [6, 6.07) is 7.14. The van der Waals surface area contributed by atoms with Crippen molar-refractivity contribution in [2.45, 2.75) is 95.0 Å². The third kappa shape index (κ3) is 6.40. The summed E-state index contributed by atoms with van der Waals surface area (Å²) in [6.07, 6.45) is 11.7. The molecule has 1 aliphatic heterocycles. The molecule has 0 spiro atoms. The number of piperidine rings is 1. The molecular weight excluding hydrogens is 538 g/mol. The van der Waals surface area contributed by atoms with Crippen LogP contribution in [0.4, 0.5) is 22.2 Å². The zero-order valence-electron chi connectivity index (χ0n) is 23.8. The summed E-state index contributed by atoms with van der Waals surface area (Å²) in [5.41, 5.74) is 8.48. The van der Waals surface area contributed by atoms with Gasteiger partial charge in [-0.25, -0.2) is 9.78 Å². The number of ether oxygens (including phenoxy) is 1. The highest BCUT2D eigenvalue weighted by molar-refractivity contribution is 5.84. The number of aromatic nitrogens is 4. The van der Waals surface area contributed by atoms with Gasteiger partial charge in [-0.3, -0.25) is 10.1 Å². The summed E-state index contributed by atoms with van der Waals surface area (Å²) < 4.78 is 7.70. The fourth-order valence-corrected chi connectivity index (χ4v) is 6.33. The number of nitro groups is 1. The number of amides is 1. The number of nitrogens with one attached hydrogen (secondary N) is 2. The zero-order valence-corrected chi connectivity index (χ0v) is 23.8. The number of hydrogen-bond donors (Lipinski definition) is 3. The number of hydrogen-bond acceptors (Lipinski definition) is 10. The number of carbonyl (C=O) groups excluding carboxylic acids is 1. The molecule has 0 radical (unpaired) electrons. The average molecular weight is 578 g/mol. The van der Waals surface area contributed by atoms with Gasteiger partial charge >= 0.3 is 6.09 Å². The molecule has 6 rings (SSSR count). The minimum atomic E-state index is -0.452. The van der Waals surface area contributed by atoms with E-state index in [9.17, 15) is 14.9 Å². The van der Waals surface area contributed by atoms with Gasteiger partial charge in [0.15, 0.2) is 17.0 Å². The van der Waals surface area contributed by atoms with Gasteiger partial charge in [0.2, 0.25) is 5.95 Å². The molecule has 42 heavy (non-hydrogen) atoms. The number of rotatable bonds is 8. The molecule has 3 aliphatic rings. The molecular formula is C29H39N9O4. The molecule has 0 unspecified atom stereocenters. The summed E-state index contributed by atoms with van der Waals surface area (Å²) in [4.78, 5) is 39.4. The van der Waals surface area contributed by atoms with Gasteiger partial charge in [0, 0.05) is 49.4 Å². The Labute approximate surface area is 244 Å². The Morgan fingerprint density at radius 3 is 2.36 bits per heavy atom. The Bertz CT molecular complexity index is 1390. The summed E-state index contributed by atoms with van der Waals surface area (Å²) in [5, 5.41) is 18.0. The van der Waals surface area contributed by atoms with E-state index in [4.69, 9.17) is 25.4 Å². The molecule has 1 amide bonds. The van der Waals surface area contributed by atoms with Crippen molar-refractivity contribution in [1.29, 1.82) is 0 Å². The summed E-state index contributed by atoms with van der Waals surface area (Å²) in [6.45, 7) is 1.17. The predicted molar refractivity (Wildman–Crippen MR) is 158 cm³/mol. The standard InChI is InChI=1S/C29H39N9O4/c30-20-7-9-21(10-8-20)33-28-34-26(25-27(35-28)37(18-31-25)23-3-1-2-4-23)32-22-13-15-36(16-14-22)29(39)42-17-19-5-11-24(12-6-19)38(40)41/h5-6,11-12,18,20-23H,1-4,7-10,13-17,30H2,(H2,32,33,34,35). The Balaban J connectivity index is 1.10. The van der Waals surface area contributed by atoms with Gasteiger partial charge in [0.25, 0.3) is 5.69 Å². The van der Waals surface area contributed by atoms with Gasteiger partial charge < -0.3 is 30.6 Å². The molecule has 0 bridgehead atoms. The van der Waals surface area contributed by atoms with Crippen molar-refractivity contribution < 1.29 is 14.5 Å². The fraction of sp³-hybridized carbons (Fsp3) is 0.586. The predicted octanol–water partition coefficient (Wildman–Crippen LogP) is 4.74. The van der Waals surface area contributed by atoms with Gasteiger partial charge in [0.1, 0.15) is 6.61 Å². The minimum Gasteiger partial charge on any atom is -0.445 e. The van der Waals surface area contributed by atoms with Crippen LogP contribution in [0.5, 0.6) is 0 Å². The highest BCUT2D eigenvalue weighted by Gasteiger charge is 2.27. The van der Waals surface area contributed by atoms with Gasteiger partial charge in [-0.15, -0.1) is 0 Å². The lowest BCUT2D eigenvalue weighted by Gasteiger charge is -2.32. The average Bonchev–Trinajstić information content (AvgIpc) is 3.68. The first-order valence-electron chi connectivity index (χ1n) is 15.1. The molecule has 3 heterocycles. The van der Waals surface area contributed by atoms with Crippen LogP contribution in [0.2, 0.25) is 0 Å². The van der Waals surface area contributed by atoms with Crippen LogP contribution in [-0.2, 0) is 11.3 Å². The maximum absolute atomic E-state index is 12.7. The van der Waals surface area contributed by atoms with Crippen LogP contribution in [0.25, 0.3) is 11.2 Å². The normalized spacial score (nSPS) is 21.9. The SMILES string of the molecule is NC1CCC(Nc2nc(NC3CCN(C(=O)OCc4ccc([N+](=O)[O-])cc4)CC3)c3ncn(C4CCCC4)c3n2)CC1. The summed E-state index contributed by atoms with van der Waals surface area (Å²) in [5.74, 6) is 1.35. The van der Waals surface area contributed by atoms with E-state index >= 15 is 0 Å². The number of imidazole rings is 1. The van der Waals surface area contributed by atoms with Crippen molar-refractivity contribution >= 4 is 34.7 Å². The van der Waals surface area contributed by atoms with Crippen LogP contribution in [0.3, 0.4) is 0 Å². The molecule has 1 saturated heterocycles. The smallest absolute Gasteiger partial charge is 0.410 e. The van der Waals surface area contributed by atoms with Crippen molar-refractivity contribution in [3.63, 3.8) is 0 Å². The first kappa shape index (κ1) is 28.1. The number of anilines is 2. The number of non-ortho nitro benzene ring substituents is 1. The van der Waals surface area contributed by atoms with Gasteiger partial charge in [-0.1, -0.05) is 12.8 Å². The van der Waals surface area contributed by atoms with E-state index in [1.165, 1.54) is 25.0 Å². The van der Waals surface area contributed by atoms with E-state index < -0.39 is 4.92 Å². The van der Waals surface area contributed by atoms with E-state index in [0.29, 0.717) is 36.7 Å². The number of nitro benzene ring substituents is 1. The van der Waals surface area contributed by atoms with E-state index in [0.717, 1.165) is 68.3 Å². The molecule has 2 aromatic heterocycles. The lowest BCUT2D eigenvalue weighted by molar-refractivity contribution is -0.384. The van der Waals surface area contributed by atoms with Gasteiger partial charge in [-0.2, -0.15) is 9.97 Å². The lowest BCUT2D eigenvalue weighted by Crippen LogP contribution is -2.42. The van der Waals surface area contributed by atoms with Crippen LogP contribution in [0.1, 0.15) is 75.8 Å². The third-order valence-corrected chi connectivity index (χ3v) is 8.85. The van der Waals surface area contributed by atoms with Crippen molar-refractivity contribution in [1.82, 2.24) is 24.4 Å². The Morgan fingerprint density at radius 1 is 0.976 bits per heavy atom. The first-order chi connectivity index (χ1) is 20.4. The number of likely N-dealkylation sites (tertiary alicyclic amines) is 1. The van der Waals surface area contributed by atoms with E-state index in [-0.39, 0.29) is 30.5 Å². The number of nitrogens with zero attached hydrogens (tertiary/aromatic N) is 6. The van der Waals surface area contributed by atoms with Crippen LogP contribution in [-0.4, -0.2) is 66.7 Å². The number of carbonyl (C=O) groups is 1. The van der Waals surface area contributed by atoms with Crippen molar-refractivity contribution in [3.05, 3.63) is 46.3 Å². The topological polar surface area (TPSA) is 166 Å². The van der Waals surface area contributed by atoms with Crippen LogP contribution < -0.4 is 16.4 Å². The monoisotopic (exact) mass is 577 g/mol. The number of fused-ring (bicyclic) bond motifs is 1. The van der Waals surface area contributed by atoms with Crippen molar-refractivity contribution in [2.24, 2.45) is 5.73 Å². The first-order valence-corrected chi connectivity index (χ1v) is 15.1. The molecule has 224 valence electrons. The lowest BCUT2D eigenvalue weighted by atomic mass is 9.92. The molecule has 4 N–H and O–H groups in total.